The maximum atomic E-state index is 12.9. The second-order valence-electron chi connectivity index (χ2n) is 6.53. The van der Waals surface area contributed by atoms with Crippen molar-refractivity contribution in [1.29, 1.82) is 0 Å². The van der Waals surface area contributed by atoms with Crippen molar-refractivity contribution in [3.8, 4) is 9.88 Å². The van der Waals surface area contributed by atoms with Crippen molar-refractivity contribution in [3.05, 3.63) is 63.0 Å². The highest BCUT2D eigenvalue weighted by Crippen LogP contribution is 2.29. The highest BCUT2D eigenvalue weighted by atomic mass is 32.2. The van der Waals surface area contributed by atoms with Crippen LogP contribution in [0.5, 0.6) is 0 Å². The van der Waals surface area contributed by atoms with E-state index in [1.54, 1.807) is 22.7 Å². The molecule has 0 unspecified atom stereocenters. The zero-order valence-electron chi connectivity index (χ0n) is 15.3. The van der Waals surface area contributed by atoms with Crippen LogP contribution in [0, 0.1) is 10.1 Å². The second-order valence-corrected chi connectivity index (χ2v) is 10.2. The van der Waals surface area contributed by atoms with Crippen molar-refractivity contribution >= 4 is 38.4 Å². The Morgan fingerprint density at radius 2 is 1.83 bits per heavy atom. The molecule has 0 atom stereocenters. The maximum Gasteiger partial charge on any atom is 0.289 e. The van der Waals surface area contributed by atoms with Gasteiger partial charge in [-0.3, -0.25) is 15.0 Å². The molecule has 4 rings (SSSR count). The molecule has 3 heterocycles. The minimum Gasteiger partial charge on any atom is -0.295 e. The van der Waals surface area contributed by atoms with Crippen LogP contribution in [0.3, 0.4) is 0 Å². The molecule has 11 heteroatoms. The van der Waals surface area contributed by atoms with Crippen LogP contribution in [0.4, 0.5) is 5.69 Å². The Morgan fingerprint density at radius 1 is 1.07 bits per heavy atom. The van der Waals surface area contributed by atoms with E-state index in [2.05, 4.69) is 9.88 Å². The zero-order chi connectivity index (χ0) is 20.4. The van der Waals surface area contributed by atoms with Crippen molar-refractivity contribution in [3.63, 3.8) is 0 Å². The third-order valence-corrected chi connectivity index (χ3v) is 8.56. The summed E-state index contributed by atoms with van der Waals surface area (Å²) in [5, 5.41) is 16.3. The molecule has 2 aromatic heterocycles. The fourth-order valence-corrected chi connectivity index (χ4v) is 6.42. The number of piperazine rings is 1. The van der Waals surface area contributed by atoms with E-state index in [1.807, 2.05) is 22.9 Å². The van der Waals surface area contributed by atoms with Gasteiger partial charge in [0.05, 0.1) is 15.5 Å². The van der Waals surface area contributed by atoms with Crippen molar-refractivity contribution in [2.45, 2.75) is 11.4 Å². The topological polar surface area (TPSA) is 96.6 Å². The summed E-state index contributed by atoms with van der Waals surface area (Å²) in [6, 6.07) is 9.52. The lowest BCUT2D eigenvalue weighted by molar-refractivity contribution is -0.387. The molecule has 0 amide bonds. The number of rotatable bonds is 6. The second kappa shape index (κ2) is 8.28. The molecule has 1 aliphatic rings. The number of nitro benzene ring substituents is 1. The summed E-state index contributed by atoms with van der Waals surface area (Å²) in [6.07, 6.45) is 0. The Labute approximate surface area is 176 Å². The lowest BCUT2D eigenvalue weighted by Gasteiger charge is -2.33. The number of thiazole rings is 1. The van der Waals surface area contributed by atoms with E-state index in [0.717, 1.165) is 15.6 Å². The van der Waals surface area contributed by atoms with E-state index in [4.69, 9.17) is 0 Å². The highest BCUT2D eigenvalue weighted by Gasteiger charge is 2.33. The molecule has 1 saturated heterocycles. The number of benzene rings is 1. The minimum absolute atomic E-state index is 0.251. The summed E-state index contributed by atoms with van der Waals surface area (Å²) in [4.78, 5) is 18.3. The van der Waals surface area contributed by atoms with E-state index in [0.29, 0.717) is 19.6 Å². The summed E-state index contributed by atoms with van der Waals surface area (Å²) in [5.41, 5.74) is 0.576. The SMILES string of the molecule is O=[N+]([O-])c1ccccc1S(=O)(=O)N1CCN(Cc2csc(-c3cccs3)n2)CC1. The highest BCUT2D eigenvalue weighted by molar-refractivity contribution is 7.89. The van der Waals surface area contributed by atoms with Gasteiger partial charge in [-0.2, -0.15) is 4.31 Å². The predicted molar refractivity (Wildman–Crippen MR) is 113 cm³/mol. The van der Waals surface area contributed by atoms with E-state index in [9.17, 15) is 18.5 Å². The van der Waals surface area contributed by atoms with Crippen LogP contribution >= 0.6 is 22.7 Å². The van der Waals surface area contributed by atoms with Crippen molar-refractivity contribution < 1.29 is 13.3 Å². The van der Waals surface area contributed by atoms with Crippen LogP contribution in [-0.2, 0) is 16.6 Å². The fourth-order valence-electron chi connectivity index (χ4n) is 3.22. The third-order valence-electron chi connectivity index (χ3n) is 4.68. The molecular formula is C18H18N4O4S3. The van der Waals surface area contributed by atoms with Crippen LogP contribution < -0.4 is 0 Å². The summed E-state index contributed by atoms with van der Waals surface area (Å²) < 4.78 is 27.1. The lowest BCUT2D eigenvalue weighted by Crippen LogP contribution is -2.48. The average molecular weight is 451 g/mol. The quantitative estimate of drug-likeness (QED) is 0.422. The molecule has 0 radical (unpaired) electrons. The van der Waals surface area contributed by atoms with Gasteiger partial charge in [-0.1, -0.05) is 18.2 Å². The molecule has 0 saturated carbocycles. The monoisotopic (exact) mass is 450 g/mol. The lowest BCUT2D eigenvalue weighted by atomic mass is 10.3. The molecular weight excluding hydrogens is 432 g/mol. The summed E-state index contributed by atoms with van der Waals surface area (Å²) in [6.45, 7) is 2.32. The number of hydrogen-bond acceptors (Lipinski definition) is 8. The van der Waals surface area contributed by atoms with Gasteiger partial charge in [0.2, 0.25) is 10.0 Å². The van der Waals surface area contributed by atoms with Gasteiger partial charge in [0, 0.05) is 44.2 Å². The normalized spacial score (nSPS) is 16.1. The van der Waals surface area contributed by atoms with Gasteiger partial charge in [0.15, 0.2) is 4.90 Å². The molecule has 1 fully saturated rings. The van der Waals surface area contributed by atoms with Gasteiger partial charge in [0.25, 0.3) is 5.69 Å². The van der Waals surface area contributed by atoms with Crippen LogP contribution in [-0.4, -0.2) is 53.7 Å². The fraction of sp³-hybridized carbons (Fsp3) is 0.278. The third kappa shape index (κ3) is 4.23. The molecule has 0 N–H and O–H groups in total. The van der Waals surface area contributed by atoms with Gasteiger partial charge in [0.1, 0.15) is 5.01 Å². The summed E-state index contributed by atoms with van der Waals surface area (Å²) >= 11 is 3.26. The van der Waals surface area contributed by atoms with Gasteiger partial charge >= 0.3 is 0 Å². The number of nitrogens with zero attached hydrogens (tertiary/aromatic N) is 4. The Balaban J connectivity index is 1.41. The number of aromatic nitrogens is 1. The van der Waals surface area contributed by atoms with Crippen LogP contribution in [0.15, 0.2) is 52.1 Å². The van der Waals surface area contributed by atoms with Gasteiger partial charge in [-0.25, -0.2) is 13.4 Å². The van der Waals surface area contributed by atoms with E-state index < -0.39 is 20.6 Å². The van der Waals surface area contributed by atoms with Crippen LogP contribution in [0.1, 0.15) is 5.69 Å². The molecule has 3 aromatic rings. The Hall–Kier alpha value is -2.18. The minimum atomic E-state index is -3.91. The Morgan fingerprint density at radius 3 is 2.52 bits per heavy atom. The summed E-state index contributed by atoms with van der Waals surface area (Å²) in [5.74, 6) is 0. The Bertz CT molecular complexity index is 1100. The standard InChI is InChI=1S/C18H18N4O4S3/c23-22(24)15-4-1-2-6-17(15)29(25,26)21-9-7-20(8-10-21)12-14-13-28-18(19-14)16-5-3-11-27-16/h1-6,11,13H,7-10,12H2. The first-order valence-corrected chi connectivity index (χ1v) is 12.1. The van der Waals surface area contributed by atoms with E-state index >= 15 is 0 Å². The van der Waals surface area contributed by atoms with Crippen molar-refractivity contribution in [2.75, 3.05) is 26.2 Å². The maximum absolute atomic E-state index is 12.9. The molecule has 8 nitrogen and oxygen atoms in total. The van der Waals surface area contributed by atoms with Crippen LogP contribution in [0.2, 0.25) is 0 Å². The zero-order valence-corrected chi connectivity index (χ0v) is 17.8. The average Bonchev–Trinajstić information content (AvgIpc) is 3.40. The molecule has 0 aliphatic carbocycles. The molecule has 1 aromatic carbocycles. The number of nitro groups is 1. The Kier molecular flexibility index (Phi) is 5.74. The molecule has 0 spiro atoms. The number of hydrogen-bond donors (Lipinski definition) is 0. The number of para-hydroxylation sites is 1. The van der Waals surface area contributed by atoms with Crippen molar-refractivity contribution in [1.82, 2.24) is 14.2 Å². The van der Waals surface area contributed by atoms with E-state index in [1.165, 1.54) is 28.6 Å². The summed E-state index contributed by atoms with van der Waals surface area (Å²) in [7, 11) is -3.91. The predicted octanol–water partition coefficient (Wildman–Crippen LogP) is 3.29. The first kappa shape index (κ1) is 20.1. The largest absolute Gasteiger partial charge is 0.295 e. The van der Waals surface area contributed by atoms with Crippen molar-refractivity contribution in [2.24, 2.45) is 0 Å². The molecule has 1 aliphatic heterocycles. The first-order valence-electron chi connectivity index (χ1n) is 8.89. The number of sulfonamides is 1. The number of thiophene rings is 1. The van der Waals surface area contributed by atoms with Crippen LogP contribution in [0.25, 0.3) is 9.88 Å². The molecule has 0 bridgehead atoms. The van der Waals surface area contributed by atoms with Gasteiger partial charge < -0.3 is 0 Å². The first-order chi connectivity index (χ1) is 13.9. The smallest absolute Gasteiger partial charge is 0.289 e. The van der Waals surface area contributed by atoms with Gasteiger partial charge in [-0.05, 0) is 17.5 Å². The molecule has 152 valence electrons. The van der Waals surface area contributed by atoms with Gasteiger partial charge in [-0.15, -0.1) is 22.7 Å². The van der Waals surface area contributed by atoms with E-state index in [-0.39, 0.29) is 18.0 Å². The molecule has 29 heavy (non-hydrogen) atoms.